The van der Waals surface area contributed by atoms with Gasteiger partial charge in [-0.15, -0.1) is 0 Å². The molecule has 3 unspecified atom stereocenters. The molecule has 1 aliphatic heterocycles. The van der Waals surface area contributed by atoms with Gasteiger partial charge in [0.15, 0.2) is 11.6 Å². The third kappa shape index (κ3) is 13.6. The van der Waals surface area contributed by atoms with Crippen molar-refractivity contribution in [2.45, 2.75) is 133 Å². The van der Waals surface area contributed by atoms with Gasteiger partial charge in [0.2, 0.25) is 5.91 Å². The summed E-state index contributed by atoms with van der Waals surface area (Å²) < 4.78 is 0. The first kappa shape index (κ1) is 52.9. The summed E-state index contributed by atoms with van der Waals surface area (Å²) in [4.78, 5) is 126. The maximum Gasteiger partial charge on any atom is 0.224 e. The molecule has 5 rings (SSSR count). The highest BCUT2D eigenvalue weighted by atomic mass is 16.2. The van der Waals surface area contributed by atoms with E-state index in [9.17, 15) is 43.2 Å². The van der Waals surface area contributed by atoms with Crippen molar-refractivity contribution in [1.29, 1.82) is 0 Å². The third-order valence-corrected chi connectivity index (χ3v) is 14.0. The quantitative estimate of drug-likeness (QED) is 0.185. The summed E-state index contributed by atoms with van der Waals surface area (Å²) in [6, 6.07) is 29.3. The first-order valence-corrected chi connectivity index (χ1v) is 23.9. The Morgan fingerprint density at radius 1 is 0.471 bits per heavy atom. The number of nitrogens with one attached hydrogen (secondary N) is 1. The second kappa shape index (κ2) is 21.5. The zero-order valence-electron chi connectivity index (χ0n) is 41.6. The molecule has 0 radical (unpaired) electrons. The number of ketones is 8. The standard InChI is InChI=1S/C58H69NO9/c1-36-26-49(63)57(7,8)35-48(62)44(28-38-20-24-42(25-21-38)53(67)41-17-12-11-13-18-41)31-50(64)55(3,4)34-47(61)37(2)27-52(66)58(9,10)59-54(68)45(32-51(65)56(5,6)33-46(36)60)30-39-22-23-40-16-14-15-19-43(40)29-39/h11-25,29,36-37,44-45H,26-28,30-35H2,1-10H3,(H,59,68)/t36?,37-,44?,45?/m0/s1. The van der Waals surface area contributed by atoms with Crippen LogP contribution in [0.3, 0.4) is 0 Å². The van der Waals surface area contributed by atoms with Crippen LogP contribution in [-0.4, -0.2) is 57.7 Å². The van der Waals surface area contributed by atoms with Gasteiger partial charge in [0.05, 0.1) is 5.54 Å². The molecule has 10 nitrogen and oxygen atoms in total. The molecular weight excluding hydrogens is 855 g/mol. The number of carbonyl (C=O) groups is 9. The van der Waals surface area contributed by atoms with E-state index in [0.29, 0.717) is 16.7 Å². The van der Waals surface area contributed by atoms with E-state index in [1.54, 1.807) is 118 Å². The average molecular weight is 924 g/mol. The van der Waals surface area contributed by atoms with Gasteiger partial charge in [-0.2, -0.15) is 0 Å². The van der Waals surface area contributed by atoms with Crippen LogP contribution >= 0.6 is 0 Å². The maximum atomic E-state index is 14.4. The Labute approximate surface area is 401 Å². The molecule has 1 aliphatic rings. The molecule has 1 saturated heterocycles. The topological polar surface area (TPSA) is 166 Å². The highest BCUT2D eigenvalue weighted by Crippen LogP contribution is 2.35. The third-order valence-electron chi connectivity index (χ3n) is 14.0. The SMILES string of the molecule is CC1CC(=O)C(C)(C)CC(=O)C(Cc2ccc(C(=O)c3ccccc3)cc2)CC(=O)C(C)(C)CC(=O)[C@@H](C)CC(=O)C(C)(C)NC(=O)C(Cc2ccc3ccccc3c2)CC(=O)C(C)(C)CC1=O. The van der Waals surface area contributed by atoms with E-state index < -0.39 is 57.1 Å². The van der Waals surface area contributed by atoms with Gasteiger partial charge in [-0.05, 0) is 48.6 Å². The molecule has 0 aromatic heterocycles. The predicted octanol–water partition coefficient (Wildman–Crippen LogP) is 10.1. The maximum absolute atomic E-state index is 14.4. The smallest absolute Gasteiger partial charge is 0.224 e. The van der Waals surface area contributed by atoms with E-state index in [0.717, 1.165) is 16.3 Å². The second-order valence-corrected chi connectivity index (χ2v) is 21.9. The largest absolute Gasteiger partial charge is 0.344 e. The monoisotopic (exact) mass is 923 g/mol. The minimum absolute atomic E-state index is 0.130. The lowest BCUT2D eigenvalue weighted by Gasteiger charge is -2.31. The first-order valence-electron chi connectivity index (χ1n) is 23.9. The first-order chi connectivity index (χ1) is 31.7. The van der Waals surface area contributed by atoms with Crippen LogP contribution < -0.4 is 5.32 Å². The van der Waals surface area contributed by atoms with Gasteiger partial charge in [-0.1, -0.05) is 152 Å². The highest BCUT2D eigenvalue weighted by Gasteiger charge is 2.41. The normalized spacial score (nSPS) is 23.7. The fraction of sp³-hybridized carbons (Fsp3) is 0.466. The predicted molar refractivity (Wildman–Crippen MR) is 264 cm³/mol. The van der Waals surface area contributed by atoms with Gasteiger partial charge in [-0.25, -0.2) is 0 Å². The summed E-state index contributed by atoms with van der Waals surface area (Å²) in [5, 5.41) is 4.86. The molecule has 0 saturated carbocycles. The summed E-state index contributed by atoms with van der Waals surface area (Å²) in [6.45, 7) is 16.3. The minimum Gasteiger partial charge on any atom is -0.344 e. The molecule has 4 aromatic carbocycles. The van der Waals surface area contributed by atoms with Crippen LogP contribution in [0.15, 0.2) is 97.1 Å². The van der Waals surface area contributed by atoms with Crippen LogP contribution in [0.5, 0.6) is 0 Å². The molecule has 68 heavy (non-hydrogen) atoms. The zero-order chi connectivity index (χ0) is 50.4. The van der Waals surface area contributed by atoms with Crippen LogP contribution in [0, 0.1) is 39.9 Å². The summed E-state index contributed by atoms with van der Waals surface area (Å²) in [5.74, 6) is -6.41. The summed E-state index contributed by atoms with van der Waals surface area (Å²) in [5.41, 5.74) is -2.60. The second-order valence-electron chi connectivity index (χ2n) is 21.9. The van der Waals surface area contributed by atoms with Crippen molar-refractivity contribution in [3.05, 3.63) is 119 Å². The van der Waals surface area contributed by atoms with Crippen molar-refractivity contribution >= 4 is 62.9 Å². The minimum atomic E-state index is -1.43. The van der Waals surface area contributed by atoms with E-state index in [1.807, 2.05) is 48.5 Å². The number of hydrogen-bond acceptors (Lipinski definition) is 9. The number of rotatable bonds is 6. The van der Waals surface area contributed by atoms with Crippen molar-refractivity contribution in [2.24, 2.45) is 39.9 Å². The van der Waals surface area contributed by atoms with Crippen molar-refractivity contribution in [3.8, 4) is 0 Å². The molecule has 10 heteroatoms. The van der Waals surface area contributed by atoms with Gasteiger partial charge in [0, 0.05) is 96.0 Å². The van der Waals surface area contributed by atoms with E-state index in [4.69, 9.17) is 0 Å². The Kier molecular flexibility index (Phi) is 16.7. The van der Waals surface area contributed by atoms with Crippen LogP contribution in [-0.2, 0) is 51.2 Å². The van der Waals surface area contributed by atoms with E-state index in [1.165, 1.54) is 0 Å². The summed E-state index contributed by atoms with van der Waals surface area (Å²) in [7, 11) is 0. The van der Waals surface area contributed by atoms with Crippen molar-refractivity contribution in [2.75, 3.05) is 0 Å². The Bertz CT molecular complexity index is 2580. The zero-order valence-corrected chi connectivity index (χ0v) is 41.6. The Hall–Kier alpha value is -6.03. The van der Waals surface area contributed by atoms with Gasteiger partial charge in [0.25, 0.3) is 0 Å². The average Bonchev–Trinajstić information content (AvgIpc) is 3.27. The summed E-state index contributed by atoms with van der Waals surface area (Å²) in [6.07, 6.45) is -1.13. The lowest BCUT2D eigenvalue weighted by molar-refractivity contribution is -0.140. The van der Waals surface area contributed by atoms with Crippen LogP contribution in [0.1, 0.15) is 141 Å². The van der Waals surface area contributed by atoms with E-state index in [-0.39, 0.29) is 98.3 Å². The Balaban J connectivity index is 1.44. The molecule has 1 N–H and O–H groups in total. The van der Waals surface area contributed by atoms with Crippen LogP contribution in [0.2, 0.25) is 0 Å². The molecule has 1 heterocycles. The van der Waals surface area contributed by atoms with E-state index in [2.05, 4.69) is 5.32 Å². The highest BCUT2D eigenvalue weighted by molar-refractivity contribution is 6.09. The van der Waals surface area contributed by atoms with Gasteiger partial charge >= 0.3 is 0 Å². The number of amides is 1. The van der Waals surface area contributed by atoms with Crippen molar-refractivity contribution in [3.63, 3.8) is 0 Å². The number of fused-ring (bicyclic) bond motifs is 1. The molecule has 360 valence electrons. The fourth-order valence-electron chi connectivity index (χ4n) is 8.93. The molecule has 0 bridgehead atoms. The summed E-state index contributed by atoms with van der Waals surface area (Å²) >= 11 is 0. The van der Waals surface area contributed by atoms with Crippen LogP contribution in [0.4, 0.5) is 0 Å². The number of Topliss-reactive ketones (excluding diaryl/α,β-unsaturated/α-hetero) is 7. The Morgan fingerprint density at radius 2 is 0.897 bits per heavy atom. The van der Waals surface area contributed by atoms with Crippen molar-refractivity contribution < 1.29 is 43.2 Å². The lowest BCUT2D eigenvalue weighted by Crippen LogP contribution is -2.53. The van der Waals surface area contributed by atoms with Gasteiger partial charge in [-0.3, -0.25) is 43.2 Å². The molecule has 0 spiro atoms. The van der Waals surface area contributed by atoms with Crippen molar-refractivity contribution in [1.82, 2.24) is 5.32 Å². The fourth-order valence-corrected chi connectivity index (χ4v) is 8.93. The number of benzene rings is 4. The number of carbonyl (C=O) groups excluding carboxylic acids is 9. The van der Waals surface area contributed by atoms with Gasteiger partial charge in [0.1, 0.15) is 34.7 Å². The molecule has 4 atom stereocenters. The molecular formula is C58H69NO9. The van der Waals surface area contributed by atoms with Gasteiger partial charge < -0.3 is 5.32 Å². The Morgan fingerprint density at radius 3 is 1.46 bits per heavy atom. The van der Waals surface area contributed by atoms with E-state index >= 15 is 0 Å². The number of hydrogen-bond donors (Lipinski definition) is 1. The molecule has 4 aromatic rings. The van der Waals surface area contributed by atoms with Crippen LogP contribution in [0.25, 0.3) is 10.8 Å². The lowest BCUT2D eigenvalue weighted by atomic mass is 9.72. The molecule has 1 fully saturated rings. The molecule has 0 aliphatic carbocycles. The molecule has 1 amide bonds.